The predicted octanol–water partition coefficient (Wildman–Crippen LogP) is 3.14. The van der Waals surface area contributed by atoms with Gasteiger partial charge in [-0.2, -0.15) is 4.68 Å². The summed E-state index contributed by atoms with van der Waals surface area (Å²) in [6.07, 6.45) is 0. The van der Waals surface area contributed by atoms with E-state index in [9.17, 15) is 4.79 Å². The molecule has 3 aromatic rings. The Hall–Kier alpha value is -2.87. The van der Waals surface area contributed by atoms with E-state index in [-0.39, 0.29) is 5.97 Å². The Labute approximate surface area is 155 Å². The second-order valence-electron chi connectivity index (χ2n) is 5.25. The molecule has 26 heavy (non-hydrogen) atoms. The third kappa shape index (κ3) is 4.02. The highest BCUT2D eigenvalue weighted by Gasteiger charge is 2.14. The zero-order valence-electron chi connectivity index (χ0n) is 14.5. The molecule has 0 aliphatic rings. The molecule has 0 aliphatic carbocycles. The topological polar surface area (TPSA) is 79.1 Å². The number of carbonyl (C=O) groups excluding carboxylic acids is 1. The van der Waals surface area contributed by atoms with Gasteiger partial charge >= 0.3 is 5.97 Å². The molecule has 2 aromatic carbocycles. The molecule has 8 heteroatoms. The summed E-state index contributed by atoms with van der Waals surface area (Å²) in [7, 11) is 1.37. The molecule has 7 nitrogen and oxygen atoms in total. The first-order chi connectivity index (χ1) is 12.7. The molecule has 1 heterocycles. The Kier molecular flexibility index (Phi) is 5.85. The minimum atomic E-state index is -0.354. The van der Waals surface area contributed by atoms with Crippen LogP contribution in [0.4, 0.5) is 0 Å². The first kappa shape index (κ1) is 17.9. The van der Waals surface area contributed by atoms with E-state index in [1.807, 2.05) is 43.3 Å². The summed E-state index contributed by atoms with van der Waals surface area (Å²) < 4.78 is 12.1. The van der Waals surface area contributed by atoms with Gasteiger partial charge in [0.2, 0.25) is 5.16 Å². The molecule has 0 fully saturated rings. The van der Waals surface area contributed by atoms with Gasteiger partial charge in [-0.15, -0.1) is 5.10 Å². The molecule has 3 rings (SSSR count). The summed E-state index contributed by atoms with van der Waals surface area (Å²) in [5.41, 5.74) is 2.28. The number of carbonyl (C=O) groups is 1. The van der Waals surface area contributed by atoms with Crippen molar-refractivity contribution in [3.8, 4) is 11.4 Å². The zero-order chi connectivity index (χ0) is 18.4. The van der Waals surface area contributed by atoms with Gasteiger partial charge in [0.05, 0.1) is 19.3 Å². The van der Waals surface area contributed by atoms with Crippen molar-refractivity contribution in [3.05, 3.63) is 59.7 Å². The van der Waals surface area contributed by atoms with Crippen LogP contribution in [0.2, 0.25) is 0 Å². The van der Waals surface area contributed by atoms with Gasteiger partial charge in [0.25, 0.3) is 0 Å². The van der Waals surface area contributed by atoms with Gasteiger partial charge in [-0.25, -0.2) is 4.79 Å². The van der Waals surface area contributed by atoms with Gasteiger partial charge in [-0.05, 0) is 47.2 Å². The smallest absolute Gasteiger partial charge is 0.337 e. The molecule has 1 aromatic heterocycles. The van der Waals surface area contributed by atoms with E-state index in [0.717, 1.165) is 17.0 Å². The van der Waals surface area contributed by atoms with E-state index in [0.29, 0.717) is 23.1 Å². The molecule has 0 amide bonds. The van der Waals surface area contributed by atoms with E-state index >= 15 is 0 Å². The maximum Gasteiger partial charge on any atom is 0.337 e. The molecule has 0 aliphatic heterocycles. The van der Waals surface area contributed by atoms with Crippen LogP contribution in [-0.4, -0.2) is 39.9 Å². The zero-order valence-corrected chi connectivity index (χ0v) is 15.3. The number of para-hydroxylation sites is 2. The Morgan fingerprint density at radius 1 is 1.19 bits per heavy atom. The van der Waals surface area contributed by atoms with Gasteiger partial charge in [-0.3, -0.25) is 0 Å². The van der Waals surface area contributed by atoms with Crippen molar-refractivity contribution in [3.63, 3.8) is 0 Å². The molecule has 0 saturated heterocycles. The Morgan fingerprint density at radius 3 is 2.85 bits per heavy atom. The van der Waals surface area contributed by atoms with Crippen LogP contribution in [0.3, 0.4) is 0 Å². The number of tetrazole rings is 1. The number of aromatic nitrogens is 4. The summed E-state index contributed by atoms with van der Waals surface area (Å²) >= 11 is 1.48. The third-order valence-electron chi connectivity index (χ3n) is 3.55. The van der Waals surface area contributed by atoms with Crippen molar-refractivity contribution in [1.29, 1.82) is 0 Å². The number of benzene rings is 2. The number of nitrogens with zero attached hydrogens (tertiary/aromatic N) is 4. The summed E-state index contributed by atoms with van der Waals surface area (Å²) in [5, 5.41) is 12.6. The highest BCUT2D eigenvalue weighted by atomic mass is 32.2. The molecule has 0 spiro atoms. The number of hydrogen-bond acceptors (Lipinski definition) is 7. The average Bonchev–Trinajstić information content (AvgIpc) is 3.15. The van der Waals surface area contributed by atoms with Crippen LogP contribution in [0.5, 0.6) is 5.75 Å². The molecule has 0 unspecified atom stereocenters. The first-order valence-electron chi connectivity index (χ1n) is 8.03. The lowest BCUT2D eigenvalue weighted by atomic mass is 10.1. The van der Waals surface area contributed by atoms with Gasteiger partial charge in [-0.1, -0.05) is 36.0 Å². The van der Waals surface area contributed by atoms with Crippen LogP contribution in [0.25, 0.3) is 5.69 Å². The van der Waals surface area contributed by atoms with Crippen LogP contribution < -0.4 is 4.74 Å². The standard InChI is InChI=1S/C18H18N4O3S/c1-3-25-16-10-5-4-9-15(16)22-18(19-20-21-22)26-12-13-7-6-8-14(11-13)17(23)24-2/h4-11H,3,12H2,1-2H3. The van der Waals surface area contributed by atoms with E-state index in [1.165, 1.54) is 18.9 Å². The highest BCUT2D eigenvalue weighted by Crippen LogP contribution is 2.27. The summed E-state index contributed by atoms with van der Waals surface area (Å²) in [4.78, 5) is 11.7. The first-order valence-corrected chi connectivity index (χ1v) is 9.02. The lowest BCUT2D eigenvalue weighted by Gasteiger charge is -2.10. The maximum absolute atomic E-state index is 11.7. The molecular formula is C18H18N4O3S. The SMILES string of the molecule is CCOc1ccccc1-n1nnnc1SCc1cccc(C(=O)OC)c1. The average molecular weight is 370 g/mol. The number of ether oxygens (including phenoxy) is 2. The minimum absolute atomic E-state index is 0.354. The fraction of sp³-hybridized carbons (Fsp3) is 0.222. The fourth-order valence-corrected chi connectivity index (χ4v) is 3.21. The fourth-order valence-electron chi connectivity index (χ4n) is 2.38. The second-order valence-corrected chi connectivity index (χ2v) is 6.20. The molecule has 0 atom stereocenters. The van der Waals surface area contributed by atoms with Crippen LogP contribution in [-0.2, 0) is 10.5 Å². The van der Waals surface area contributed by atoms with Crippen molar-refractivity contribution in [2.75, 3.05) is 13.7 Å². The van der Waals surface area contributed by atoms with E-state index in [1.54, 1.807) is 16.8 Å². The van der Waals surface area contributed by atoms with E-state index in [2.05, 4.69) is 15.5 Å². The van der Waals surface area contributed by atoms with Crippen molar-refractivity contribution in [2.24, 2.45) is 0 Å². The Balaban J connectivity index is 1.79. The summed E-state index contributed by atoms with van der Waals surface area (Å²) in [6, 6.07) is 14.9. The van der Waals surface area contributed by atoms with Crippen LogP contribution in [0.15, 0.2) is 53.7 Å². The number of methoxy groups -OCH3 is 1. The Bertz CT molecular complexity index is 897. The lowest BCUT2D eigenvalue weighted by molar-refractivity contribution is 0.0600. The van der Waals surface area contributed by atoms with E-state index in [4.69, 9.17) is 9.47 Å². The van der Waals surface area contributed by atoms with Crippen molar-refractivity contribution in [2.45, 2.75) is 17.8 Å². The van der Waals surface area contributed by atoms with Crippen LogP contribution in [0.1, 0.15) is 22.8 Å². The Morgan fingerprint density at radius 2 is 2.04 bits per heavy atom. The van der Waals surface area contributed by atoms with Crippen molar-refractivity contribution >= 4 is 17.7 Å². The molecule has 134 valence electrons. The van der Waals surface area contributed by atoms with Gasteiger partial charge < -0.3 is 9.47 Å². The number of esters is 1. The number of rotatable bonds is 7. The monoisotopic (exact) mass is 370 g/mol. The second kappa shape index (κ2) is 8.48. The van der Waals surface area contributed by atoms with Crippen LogP contribution in [0, 0.1) is 0 Å². The van der Waals surface area contributed by atoms with Gasteiger partial charge in [0.1, 0.15) is 11.4 Å². The molecule has 0 radical (unpaired) electrons. The summed E-state index contributed by atoms with van der Waals surface area (Å²) in [6.45, 7) is 2.49. The molecular weight excluding hydrogens is 352 g/mol. The van der Waals surface area contributed by atoms with Gasteiger partial charge in [0.15, 0.2) is 0 Å². The van der Waals surface area contributed by atoms with Crippen molar-refractivity contribution in [1.82, 2.24) is 20.2 Å². The molecule has 0 bridgehead atoms. The van der Waals surface area contributed by atoms with Crippen molar-refractivity contribution < 1.29 is 14.3 Å². The number of hydrogen-bond donors (Lipinski definition) is 0. The lowest BCUT2D eigenvalue weighted by Crippen LogP contribution is -2.04. The normalized spacial score (nSPS) is 10.5. The summed E-state index contributed by atoms with van der Waals surface area (Å²) in [5.74, 6) is 0.978. The maximum atomic E-state index is 11.7. The third-order valence-corrected chi connectivity index (χ3v) is 4.54. The molecule has 0 saturated carbocycles. The van der Waals surface area contributed by atoms with Crippen LogP contribution >= 0.6 is 11.8 Å². The predicted molar refractivity (Wildman–Crippen MR) is 97.7 cm³/mol. The highest BCUT2D eigenvalue weighted by molar-refractivity contribution is 7.98. The van der Waals surface area contributed by atoms with E-state index < -0.39 is 0 Å². The molecule has 0 N–H and O–H groups in total. The minimum Gasteiger partial charge on any atom is -0.492 e. The number of thioether (sulfide) groups is 1. The largest absolute Gasteiger partial charge is 0.492 e. The van der Waals surface area contributed by atoms with Gasteiger partial charge in [0, 0.05) is 5.75 Å². The quantitative estimate of drug-likeness (QED) is 0.467.